The van der Waals surface area contributed by atoms with E-state index < -0.39 is 0 Å². The number of nitrogens with zero attached hydrogens (tertiary/aromatic N) is 3. The van der Waals surface area contributed by atoms with Gasteiger partial charge in [-0.1, -0.05) is 35.5 Å². The van der Waals surface area contributed by atoms with Gasteiger partial charge in [0.05, 0.1) is 0 Å². The lowest BCUT2D eigenvalue weighted by molar-refractivity contribution is 0.276. The number of aromatic nitrogens is 2. The van der Waals surface area contributed by atoms with E-state index in [0.717, 1.165) is 36.8 Å². The number of benzene rings is 1. The molecule has 2 fully saturated rings. The van der Waals surface area contributed by atoms with E-state index in [1.807, 2.05) is 6.20 Å². The number of hydrogen-bond donors (Lipinski definition) is 0. The summed E-state index contributed by atoms with van der Waals surface area (Å²) >= 11 is 0. The molecule has 1 saturated heterocycles. The van der Waals surface area contributed by atoms with Crippen molar-refractivity contribution >= 4 is 11.4 Å². The third kappa shape index (κ3) is 3.51. The van der Waals surface area contributed by atoms with E-state index in [4.69, 9.17) is 9.51 Å². The van der Waals surface area contributed by atoms with E-state index in [0.29, 0.717) is 11.3 Å². The molecule has 0 unspecified atom stereocenters. The minimum absolute atomic E-state index is 0.320. The molecule has 0 atom stereocenters. The SMILES string of the molecule is Cc1cnc(N2CCC3(C=C(c4c(-c5c(C)cccc5C)noc4C4CC4)C3)CC2)c(C)c1. The van der Waals surface area contributed by atoms with Crippen LogP contribution in [0.4, 0.5) is 5.82 Å². The predicted octanol–water partition coefficient (Wildman–Crippen LogP) is 6.92. The summed E-state index contributed by atoms with van der Waals surface area (Å²) in [6, 6.07) is 8.75. The van der Waals surface area contributed by atoms with Crippen molar-refractivity contribution in [2.75, 3.05) is 18.0 Å². The van der Waals surface area contributed by atoms with Crippen molar-refractivity contribution in [2.45, 2.75) is 65.7 Å². The van der Waals surface area contributed by atoms with E-state index in [-0.39, 0.29) is 0 Å². The smallest absolute Gasteiger partial charge is 0.147 e. The Hall–Kier alpha value is -2.88. The van der Waals surface area contributed by atoms with Gasteiger partial charge in [-0.3, -0.25) is 0 Å². The third-order valence-corrected chi connectivity index (χ3v) is 7.97. The lowest BCUT2D eigenvalue weighted by atomic mass is 9.63. The van der Waals surface area contributed by atoms with Gasteiger partial charge >= 0.3 is 0 Å². The van der Waals surface area contributed by atoms with Crippen LogP contribution >= 0.6 is 0 Å². The Balaban J connectivity index is 1.28. The van der Waals surface area contributed by atoms with Gasteiger partial charge in [-0.05, 0) is 93.0 Å². The van der Waals surface area contributed by atoms with Gasteiger partial charge in [0.15, 0.2) is 0 Å². The van der Waals surface area contributed by atoms with Gasteiger partial charge in [0.2, 0.25) is 0 Å². The summed E-state index contributed by atoms with van der Waals surface area (Å²) in [7, 11) is 0. The molecule has 1 aliphatic heterocycles. The van der Waals surface area contributed by atoms with Crippen molar-refractivity contribution in [3.05, 3.63) is 70.1 Å². The highest BCUT2D eigenvalue weighted by Gasteiger charge is 2.44. The topological polar surface area (TPSA) is 42.2 Å². The Morgan fingerprint density at radius 1 is 0.970 bits per heavy atom. The van der Waals surface area contributed by atoms with Crippen LogP contribution in [0.25, 0.3) is 16.8 Å². The molecular weight excluding hydrogens is 406 g/mol. The first kappa shape index (κ1) is 20.7. The molecule has 6 rings (SSSR count). The standard InChI is InChI=1S/C29H33N3O/c1-18-14-21(4)28(30-17-18)32-12-10-29(11-13-32)15-23(16-29)25-26(31-33-27(25)22-8-9-22)24-19(2)6-5-7-20(24)3/h5-7,14-15,17,22H,8-13,16H2,1-4H3. The van der Waals surface area contributed by atoms with Gasteiger partial charge in [-0.15, -0.1) is 0 Å². The number of anilines is 1. The first-order valence-corrected chi connectivity index (χ1v) is 12.4. The maximum atomic E-state index is 6.01. The highest BCUT2D eigenvalue weighted by molar-refractivity contribution is 5.86. The van der Waals surface area contributed by atoms with Gasteiger partial charge in [0.1, 0.15) is 17.3 Å². The first-order chi connectivity index (χ1) is 15.9. The molecule has 0 N–H and O–H groups in total. The van der Waals surface area contributed by atoms with Crippen LogP contribution in [-0.4, -0.2) is 23.2 Å². The Kier molecular flexibility index (Phi) is 4.76. The molecule has 33 heavy (non-hydrogen) atoms. The van der Waals surface area contributed by atoms with Crippen LogP contribution in [0.2, 0.25) is 0 Å². The number of pyridine rings is 1. The molecule has 0 amide bonds. The summed E-state index contributed by atoms with van der Waals surface area (Å²) in [5, 5.41) is 4.64. The van der Waals surface area contributed by atoms with Crippen molar-refractivity contribution in [3.8, 4) is 11.3 Å². The molecule has 3 heterocycles. The van der Waals surface area contributed by atoms with E-state index in [1.165, 1.54) is 64.6 Å². The molecule has 0 bridgehead atoms. The number of aryl methyl sites for hydroxylation is 4. The second-order valence-corrected chi connectivity index (χ2v) is 10.7. The molecule has 3 aliphatic rings. The van der Waals surface area contributed by atoms with Crippen LogP contribution in [0.1, 0.15) is 71.6 Å². The summed E-state index contributed by atoms with van der Waals surface area (Å²) in [6.45, 7) is 10.8. The van der Waals surface area contributed by atoms with Crippen molar-refractivity contribution in [3.63, 3.8) is 0 Å². The maximum absolute atomic E-state index is 6.01. The molecule has 1 saturated carbocycles. The minimum Gasteiger partial charge on any atom is -0.360 e. The average Bonchev–Trinajstić information content (AvgIpc) is 3.52. The lowest BCUT2D eigenvalue weighted by Crippen LogP contribution is -2.42. The van der Waals surface area contributed by atoms with Crippen LogP contribution in [0.15, 0.2) is 41.1 Å². The average molecular weight is 440 g/mol. The minimum atomic E-state index is 0.320. The van der Waals surface area contributed by atoms with Gasteiger partial charge in [-0.25, -0.2) is 4.98 Å². The number of hydrogen-bond acceptors (Lipinski definition) is 4. The Labute approximate surface area is 196 Å². The molecule has 0 radical (unpaired) electrons. The number of piperidine rings is 1. The fraction of sp³-hybridized carbons (Fsp3) is 0.448. The van der Waals surface area contributed by atoms with Gasteiger partial charge < -0.3 is 9.42 Å². The number of rotatable bonds is 4. The van der Waals surface area contributed by atoms with Crippen molar-refractivity contribution in [1.29, 1.82) is 0 Å². The molecule has 2 aliphatic carbocycles. The second kappa shape index (κ2) is 7.58. The van der Waals surface area contributed by atoms with Crippen LogP contribution in [-0.2, 0) is 0 Å². The molecule has 170 valence electrons. The summed E-state index contributed by atoms with van der Waals surface area (Å²) in [4.78, 5) is 7.21. The molecule has 3 aromatic rings. The maximum Gasteiger partial charge on any atom is 0.147 e. The molecule has 1 spiro atoms. The van der Waals surface area contributed by atoms with Crippen LogP contribution < -0.4 is 4.90 Å². The quantitative estimate of drug-likeness (QED) is 0.442. The van der Waals surface area contributed by atoms with Crippen molar-refractivity contribution in [2.24, 2.45) is 5.41 Å². The highest BCUT2D eigenvalue weighted by atomic mass is 16.5. The van der Waals surface area contributed by atoms with Gasteiger partial charge in [0.25, 0.3) is 0 Å². The van der Waals surface area contributed by atoms with Crippen molar-refractivity contribution < 1.29 is 4.52 Å². The zero-order chi connectivity index (χ0) is 22.7. The second-order valence-electron chi connectivity index (χ2n) is 10.7. The normalized spacial score (nSPS) is 19.5. The number of allylic oxidation sites excluding steroid dienone is 2. The van der Waals surface area contributed by atoms with Gasteiger partial charge in [-0.2, -0.15) is 0 Å². The van der Waals surface area contributed by atoms with Gasteiger partial charge in [0, 0.05) is 36.3 Å². The molecule has 4 heteroatoms. The predicted molar refractivity (Wildman–Crippen MR) is 134 cm³/mol. The Morgan fingerprint density at radius 2 is 1.67 bits per heavy atom. The monoisotopic (exact) mass is 439 g/mol. The lowest BCUT2D eigenvalue weighted by Gasteiger charge is -2.46. The fourth-order valence-corrected chi connectivity index (χ4v) is 6.00. The van der Waals surface area contributed by atoms with E-state index in [1.54, 1.807) is 0 Å². The summed E-state index contributed by atoms with van der Waals surface area (Å²) in [5.41, 5.74) is 10.5. The first-order valence-electron chi connectivity index (χ1n) is 12.4. The Morgan fingerprint density at radius 3 is 2.30 bits per heavy atom. The van der Waals surface area contributed by atoms with Crippen LogP contribution in [0, 0.1) is 33.1 Å². The van der Waals surface area contributed by atoms with E-state index in [9.17, 15) is 0 Å². The summed E-state index contributed by atoms with van der Waals surface area (Å²) < 4.78 is 6.01. The van der Waals surface area contributed by atoms with Crippen molar-refractivity contribution in [1.82, 2.24) is 10.1 Å². The third-order valence-electron chi connectivity index (χ3n) is 7.97. The van der Waals surface area contributed by atoms with E-state index >= 15 is 0 Å². The molecule has 4 nitrogen and oxygen atoms in total. The molecular formula is C29H33N3O. The van der Waals surface area contributed by atoms with E-state index in [2.05, 4.69) is 68.1 Å². The largest absolute Gasteiger partial charge is 0.360 e. The Bertz CT molecular complexity index is 1240. The van der Waals surface area contributed by atoms with Crippen LogP contribution in [0.5, 0.6) is 0 Å². The summed E-state index contributed by atoms with van der Waals surface area (Å²) in [5.74, 6) is 2.84. The summed E-state index contributed by atoms with van der Waals surface area (Å²) in [6.07, 6.45) is 10.5. The fourth-order valence-electron chi connectivity index (χ4n) is 6.00. The van der Waals surface area contributed by atoms with Crippen LogP contribution in [0.3, 0.4) is 0 Å². The highest BCUT2D eigenvalue weighted by Crippen LogP contribution is 2.56. The zero-order valence-electron chi connectivity index (χ0n) is 20.2. The molecule has 1 aromatic carbocycles. The molecule has 2 aromatic heterocycles. The zero-order valence-corrected chi connectivity index (χ0v) is 20.2.